The topological polar surface area (TPSA) is 75.1 Å². The summed E-state index contributed by atoms with van der Waals surface area (Å²) in [7, 11) is 0. The van der Waals surface area contributed by atoms with E-state index in [1.165, 1.54) is 12.1 Å². The van der Waals surface area contributed by atoms with Crippen molar-refractivity contribution in [2.24, 2.45) is 0 Å². The monoisotopic (exact) mass is 277 g/mol. The Morgan fingerprint density at radius 3 is 2.68 bits per heavy atom. The molecule has 0 aliphatic carbocycles. The summed E-state index contributed by atoms with van der Waals surface area (Å²) in [6, 6.07) is 3.05. The zero-order valence-electron chi connectivity index (χ0n) is 11.0. The third-order valence-electron chi connectivity index (χ3n) is 2.66. The van der Waals surface area contributed by atoms with E-state index in [1.54, 1.807) is 18.3 Å². The molecule has 0 atom stereocenters. The summed E-state index contributed by atoms with van der Waals surface area (Å²) in [6.07, 6.45) is 0.881. The first kappa shape index (κ1) is 13.5. The normalized spacial score (nSPS) is 10.5. The summed E-state index contributed by atoms with van der Waals surface area (Å²) in [5.41, 5.74) is 1.93. The Labute approximate surface area is 115 Å². The van der Waals surface area contributed by atoms with E-state index >= 15 is 0 Å². The predicted molar refractivity (Wildman–Crippen MR) is 75.4 cm³/mol. The number of thiazole rings is 1. The molecule has 2 N–H and O–H groups in total. The molecule has 0 spiro atoms. The lowest BCUT2D eigenvalue weighted by molar-refractivity contribution is 0.0696. The van der Waals surface area contributed by atoms with Gasteiger partial charge in [-0.25, -0.2) is 14.8 Å². The maximum Gasteiger partial charge on any atom is 0.335 e. The quantitative estimate of drug-likeness (QED) is 0.897. The highest BCUT2D eigenvalue weighted by molar-refractivity contribution is 7.15. The Kier molecular flexibility index (Phi) is 3.80. The predicted octanol–water partition coefficient (Wildman–Crippen LogP) is 3.16. The van der Waals surface area contributed by atoms with E-state index < -0.39 is 5.97 Å². The average Bonchev–Trinajstić information content (AvgIpc) is 2.68. The van der Waals surface area contributed by atoms with Gasteiger partial charge in [0.25, 0.3) is 0 Å². The molecule has 19 heavy (non-hydrogen) atoms. The van der Waals surface area contributed by atoms with Gasteiger partial charge in [-0.1, -0.05) is 6.92 Å². The third kappa shape index (κ3) is 3.08. The van der Waals surface area contributed by atoms with Gasteiger partial charge in [0.15, 0.2) is 5.13 Å². The maximum absolute atomic E-state index is 11.0. The van der Waals surface area contributed by atoms with Crippen LogP contribution in [0.25, 0.3) is 0 Å². The van der Waals surface area contributed by atoms with Crippen molar-refractivity contribution in [3.63, 3.8) is 0 Å². The van der Waals surface area contributed by atoms with Crippen molar-refractivity contribution in [2.45, 2.75) is 27.2 Å². The lowest BCUT2D eigenvalue weighted by Gasteiger charge is -2.04. The van der Waals surface area contributed by atoms with Crippen LogP contribution in [0.15, 0.2) is 12.1 Å². The van der Waals surface area contributed by atoms with Gasteiger partial charge in [-0.05, 0) is 32.4 Å². The van der Waals surface area contributed by atoms with Crippen LogP contribution in [0.2, 0.25) is 0 Å². The molecule has 0 saturated carbocycles. The molecule has 0 fully saturated rings. The van der Waals surface area contributed by atoms with E-state index in [4.69, 9.17) is 5.11 Å². The van der Waals surface area contributed by atoms with Crippen molar-refractivity contribution >= 4 is 28.3 Å². The van der Waals surface area contributed by atoms with Crippen molar-refractivity contribution in [1.29, 1.82) is 0 Å². The minimum Gasteiger partial charge on any atom is -0.478 e. The molecule has 100 valence electrons. The third-order valence-corrected chi connectivity index (χ3v) is 3.59. The van der Waals surface area contributed by atoms with Gasteiger partial charge < -0.3 is 10.4 Å². The molecular formula is C13H15N3O2S. The Bertz CT molecular complexity index is 622. The minimum atomic E-state index is -0.960. The summed E-state index contributed by atoms with van der Waals surface area (Å²) in [5, 5.41) is 12.8. The fourth-order valence-corrected chi connectivity index (χ4v) is 2.68. The second-order valence-electron chi connectivity index (χ2n) is 4.19. The van der Waals surface area contributed by atoms with Crippen molar-refractivity contribution in [2.75, 3.05) is 5.32 Å². The van der Waals surface area contributed by atoms with Crippen molar-refractivity contribution in [3.05, 3.63) is 34.0 Å². The summed E-state index contributed by atoms with van der Waals surface area (Å²) in [6.45, 7) is 5.84. The molecule has 0 bridgehead atoms. The van der Waals surface area contributed by atoms with Crippen molar-refractivity contribution in [3.8, 4) is 0 Å². The zero-order valence-corrected chi connectivity index (χ0v) is 11.8. The van der Waals surface area contributed by atoms with Gasteiger partial charge in [0.2, 0.25) is 0 Å². The van der Waals surface area contributed by atoms with Crippen LogP contribution in [-0.4, -0.2) is 21.0 Å². The van der Waals surface area contributed by atoms with E-state index in [9.17, 15) is 4.79 Å². The lowest BCUT2D eigenvalue weighted by atomic mass is 10.2. The first-order valence-corrected chi connectivity index (χ1v) is 6.76. The first-order valence-electron chi connectivity index (χ1n) is 5.95. The molecular weight excluding hydrogens is 262 g/mol. The lowest BCUT2D eigenvalue weighted by Crippen LogP contribution is -2.01. The molecule has 0 aromatic carbocycles. The number of carbonyl (C=O) groups is 1. The van der Waals surface area contributed by atoms with Crippen LogP contribution < -0.4 is 5.32 Å². The average molecular weight is 277 g/mol. The van der Waals surface area contributed by atoms with Gasteiger partial charge >= 0.3 is 5.97 Å². The summed E-state index contributed by atoms with van der Waals surface area (Å²) in [5.74, 6) is -0.452. The van der Waals surface area contributed by atoms with Crippen LogP contribution in [0, 0.1) is 13.8 Å². The summed E-state index contributed by atoms with van der Waals surface area (Å²) < 4.78 is 0. The van der Waals surface area contributed by atoms with Crippen molar-refractivity contribution < 1.29 is 9.90 Å². The molecule has 2 aromatic rings. The van der Waals surface area contributed by atoms with E-state index in [0.29, 0.717) is 11.5 Å². The highest BCUT2D eigenvalue weighted by atomic mass is 32.1. The van der Waals surface area contributed by atoms with Gasteiger partial charge in [0.1, 0.15) is 5.82 Å². The molecule has 2 aromatic heterocycles. The number of aromatic nitrogens is 2. The second-order valence-corrected chi connectivity index (χ2v) is 5.39. The minimum absolute atomic E-state index is 0.221. The van der Waals surface area contributed by atoms with E-state index in [0.717, 1.165) is 22.1 Å². The SMILES string of the molecule is CCc1nc(Nc2cc(C(=O)O)cc(C)n2)sc1C. The molecule has 0 aliphatic rings. The Balaban J connectivity index is 2.29. The number of anilines is 2. The van der Waals surface area contributed by atoms with E-state index in [2.05, 4.69) is 22.2 Å². The number of nitrogens with one attached hydrogen (secondary N) is 1. The maximum atomic E-state index is 11.0. The van der Waals surface area contributed by atoms with Crippen LogP contribution in [0.3, 0.4) is 0 Å². The van der Waals surface area contributed by atoms with Gasteiger partial charge in [-0.15, -0.1) is 11.3 Å². The summed E-state index contributed by atoms with van der Waals surface area (Å²) >= 11 is 1.54. The number of pyridine rings is 1. The standard InChI is InChI=1S/C13H15N3O2S/c1-4-10-8(3)19-13(15-10)16-11-6-9(12(17)18)5-7(2)14-11/h5-6H,4H2,1-3H3,(H,17,18)(H,14,15,16). The smallest absolute Gasteiger partial charge is 0.335 e. The van der Waals surface area contributed by atoms with E-state index in [1.807, 2.05) is 6.92 Å². The number of aryl methyl sites for hydroxylation is 3. The van der Waals surface area contributed by atoms with Crippen LogP contribution in [-0.2, 0) is 6.42 Å². The van der Waals surface area contributed by atoms with Gasteiger partial charge in [-0.3, -0.25) is 0 Å². The highest BCUT2D eigenvalue weighted by Crippen LogP contribution is 2.25. The number of hydrogen-bond donors (Lipinski definition) is 2. The Morgan fingerprint density at radius 1 is 1.37 bits per heavy atom. The number of hydrogen-bond acceptors (Lipinski definition) is 5. The van der Waals surface area contributed by atoms with Crippen molar-refractivity contribution in [1.82, 2.24) is 9.97 Å². The van der Waals surface area contributed by atoms with Crippen LogP contribution in [0.4, 0.5) is 10.9 Å². The number of aromatic carboxylic acids is 1. The zero-order chi connectivity index (χ0) is 14.0. The highest BCUT2D eigenvalue weighted by Gasteiger charge is 2.10. The summed E-state index contributed by atoms with van der Waals surface area (Å²) in [4.78, 5) is 20.9. The molecule has 2 heterocycles. The van der Waals surface area contributed by atoms with Gasteiger partial charge in [-0.2, -0.15) is 0 Å². The Hall–Kier alpha value is -1.95. The molecule has 0 aliphatic heterocycles. The number of carboxylic acid groups (broad SMARTS) is 1. The van der Waals surface area contributed by atoms with Crippen LogP contribution in [0.5, 0.6) is 0 Å². The van der Waals surface area contributed by atoms with Crippen LogP contribution in [0.1, 0.15) is 33.5 Å². The molecule has 5 nitrogen and oxygen atoms in total. The fraction of sp³-hybridized carbons (Fsp3) is 0.308. The molecule has 6 heteroatoms. The van der Waals surface area contributed by atoms with Crippen LogP contribution >= 0.6 is 11.3 Å². The van der Waals surface area contributed by atoms with E-state index in [-0.39, 0.29) is 5.56 Å². The molecule has 0 saturated heterocycles. The van der Waals surface area contributed by atoms with Gasteiger partial charge in [0, 0.05) is 10.6 Å². The number of rotatable bonds is 4. The largest absolute Gasteiger partial charge is 0.478 e. The molecule has 2 rings (SSSR count). The molecule has 0 amide bonds. The number of carboxylic acids is 1. The fourth-order valence-electron chi connectivity index (χ4n) is 1.78. The molecule has 0 radical (unpaired) electrons. The first-order chi connectivity index (χ1) is 8.99. The number of nitrogens with zero attached hydrogens (tertiary/aromatic N) is 2. The Morgan fingerprint density at radius 2 is 2.11 bits per heavy atom. The second kappa shape index (κ2) is 5.36. The molecule has 0 unspecified atom stereocenters. The van der Waals surface area contributed by atoms with Gasteiger partial charge in [0.05, 0.1) is 11.3 Å².